The lowest BCUT2D eigenvalue weighted by atomic mass is 9.70. The molecule has 2 rings (SSSR count). The second kappa shape index (κ2) is 4.51. The van der Waals surface area contributed by atoms with Gasteiger partial charge in [-0.3, -0.25) is 10.1 Å². The molecule has 0 unspecified atom stereocenters. The van der Waals surface area contributed by atoms with Gasteiger partial charge in [-0.2, -0.15) is 0 Å². The summed E-state index contributed by atoms with van der Waals surface area (Å²) in [6, 6.07) is 3.41. The number of hydrogen-bond donors (Lipinski definition) is 1. The molecule has 1 aliphatic carbocycles. The van der Waals surface area contributed by atoms with Crippen LogP contribution in [0.25, 0.3) is 0 Å². The van der Waals surface area contributed by atoms with Crippen LogP contribution in [0.2, 0.25) is 0 Å². The van der Waals surface area contributed by atoms with E-state index in [1.807, 2.05) is 6.07 Å². The van der Waals surface area contributed by atoms with Gasteiger partial charge in [-0.25, -0.2) is 0 Å². The molecule has 0 aliphatic heterocycles. The monoisotopic (exact) mass is 240 g/mol. The van der Waals surface area contributed by atoms with E-state index in [0.29, 0.717) is 5.41 Å². The van der Waals surface area contributed by atoms with Gasteiger partial charge in [0.2, 0.25) is 0 Å². The van der Waals surface area contributed by atoms with Crippen LogP contribution in [0.15, 0.2) is 12.1 Å². The Labute approximate surface area is 98.8 Å². The number of rotatable bonds is 5. The maximum absolute atomic E-state index is 10.5. The Morgan fingerprint density at radius 2 is 2.31 bits per heavy atom. The zero-order chi connectivity index (χ0) is 11.6. The standard InChI is InChI=1S/C11H16N2O2S/c1-11(5-2-6-11)8-12-7-9-3-4-10(16-9)13(14)15/h3-4,12H,2,5-8H2,1H3. The van der Waals surface area contributed by atoms with Gasteiger partial charge in [-0.05, 0) is 24.3 Å². The van der Waals surface area contributed by atoms with Crippen LogP contribution in [0.4, 0.5) is 5.00 Å². The minimum Gasteiger partial charge on any atom is -0.311 e. The lowest BCUT2D eigenvalue weighted by Gasteiger charge is -2.38. The van der Waals surface area contributed by atoms with E-state index in [0.717, 1.165) is 18.0 Å². The van der Waals surface area contributed by atoms with Crippen LogP contribution in [0, 0.1) is 15.5 Å². The largest absolute Gasteiger partial charge is 0.324 e. The summed E-state index contributed by atoms with van der Waals surface area (Å²) in [5.41, 5.74) is 0.462. The number of hydrogen-bond acceptors (Lipinski definition) is 4. The smallest absolute Gasteiger partial charge is 0.311 e. The van der Waals surface area contributed by atoms with E-state index >= 15 is 0 Å². The summed E-state index contributed by atoms with van der Waals surface area (Å²) in [7, 11) is 0. The maximum Gasteiger partial charge on any atom is 0.324 e. The van der Waals surface area contributed by atoms with Crippen molar-refractivity contribution in [2.45, 2.75) is 32.7 Å². The van der Waals surface area contributed by atoms with Gasteiger partial charge in [-0.15, -0.1) is 0 Å². The van der Waals surface area contributed by atoms with Gasteiger partial charge in [-0.1, -0.05) is 24.7 Å². The third-order valence-electron chi connectivity index (χ3n) is 3.24. The van der Waals surface area contributed by atoms with E-state index in [4.69, 9.17) is 0 Å². The third-order valence-corrected chi connectivity index (χ3v) is 4.28. The zero-order valence-electron chi connectivity index (χ0n) is 9.36. The Morgan fingerprint density at radius 1 is 1.56 bits per heavy atom. The lowest BCUT2D eigenvalue weighted by molar-refractivity contribution is -0.380. The first-order valence-electron chi connectivity index (χ1n) is 5.53. The molecular formula is C11H16N2O2S. The first-order valence-corrected chi connectivity index (χ1v) is 6.35. The van der Waals surface area contributed by atoms with Crippen LogP contribution in [-0.2, 0) is 6.54 Å². The second-order valence-corrected chi connectivity index (χ2v) is 5.91. The fraction of sp³-hybridized carbons (Fsp3) is 0.636. The van der Waals surface area contributed by atoms with Crippen molar-refractivity contribution in [1.82, 2.24) is 5.32 Å². The molecule has 1 heterocycles. The molecule has 0 atom stereocenters. The Hall–Kier alpha value is -0.940. The van der Waals surface area contributed by atoms with E-state index in [-0.39, 0.29) is 9.92 Å². The summed E-state index contributed by atoms with van der Waals surface area (Å²) < 4.78 is 0. The van der Waals surface area contributed by atoms with E-state index in [9.17, 15) is 10.1 Å². The summed E-state index contributed by atoms with van der Waals surface area (Å²) in [5, 5.41) is 14.1. The van der Waals surface area contributed by atoms with Crippen LogP contribution in [0.3, 0.4) is 0 Å². The SMILES string of the molecule is CC1(CNCc2ccc([N+](=O)[O-])s2)CCC1. The Kier molecular flexibility index (Phi) is 3.25. The van der Waals surface area contributed by atoms with Gasteiger partial charge in [0.05, 0.1) is 4.92 Å². The molecule has 0 amide bonds. The zero-order valence-corrected chi connectivity index (χ0v) is 10.2. The molecule has 4 nitrogen and oxygen atoms in total. The molecule has 1 N–H and O–H groups in total. The van der Waals surface area contributed by atoms with E-state index in [1.54, 1.807) is 6.07 Å². The van der Waals surface area contributed by atoms with Gasteiger partial charge < -0.3 is 5.32 Å². The minimum absolute atomic E-state index is 0.228. The molecule has 0 bridgehead atoms. The average molecular weight is 240 g/mol. The first kappa shape index (κ1) is 11.5. The number of nitrogens with zero attached hydrogens (tertiary/aromatic N) is 1. The normalized spacial score (nSPS) is 18.1. The highest BCUT2D eigenvalue weighted by Gasteiger charge is 2.30. The quantitative estimate of drug-likeness (QED) is 0.636. The number of thiophene rings is 1. The fourth-order valence-corrected chi connectivity index (χ4v) is 2.79. The topological polar surface area (TPSA) is 55.2 Å². The molecule has 1 aromatic heterocycles. The van der Waals surface area contributed by atoms with E-state index in [1.165, 1.54) is 30.6 Å². The summed E-state index contributed by atoms with van der Waals surface area (Å²) in [4.78, 5) is 11.2. The van der Waals surface area contributed by atoms with Gasteiger partial charge >= 0.3 is 5.00 Å². The molecule has 1 aromatic rings. The van der Waals surface area contributed by atoms with Crippen molar-refractivity contribution < 1.29 is 4.92 Å². The van der Waals surface area contributed by atoms with Crippen molar-refractivity contribution in [3.8, 4) is 0 Å². The first-order chi connectivity index (χ1) is 7.59. The summed E-state index contributed by atoms with van der Waals surface area (Å²) in [6.07, 6.45) is 3.93. The van der Waals surface area contributed by atoms with Crippen LogP contribution >= 0.6 is 11.3 Å². The van der Waals surface area contributed by atoms with Gasteiger partial charge in [0.15, 0.2) is 0 Å². The molecule has 1 aliphatic rings. The Bertz CT molecular complexity index is 385. The minimum atomic E-state index is -0.332. The van der Waals surface area contributed by atoms with E-state index in [2.05, 4.69) is 12.2 Å². The highest BCUT2D eigenvalue weighted by Crippen LogP contribution is 2.39. The predicted octanol–water partition coefficient (Wildman–Crippen LogP) is 2.94. The average Bonchev–Trinajstić information content (AvgIpc) is 2.64. The van der Waals surface area contributed by atoms with Crippen LogP contribution in [0.5, 0.6) is 0 Å². The second-order valence-electron chi connectivity index (χ2n) is 4.76. The van der Waals surface area contributed by atoms with E-state index < -0.39 is 0 Å². The Morgan fingerprint density at radius 3 is 2.81 bits per heavy atom. The van der Waals surface area contributed by atoms with Crippen molar-refractivity contribution in [1.29, 1.82) is 0 Å². The highest BCUT2D eigenvalue weighted by molar-refractivity contribution is 7.15. The molecule has 0 radical (unpaired) electrons. The summed E-state index contributed by atoms with van der Waals surface area (Å²) in [6.45, 7) is 4.05. The predicted molar refractivity (Wildman–Crippen MR) is 64.6 cm³/mol. The van der Waals surface area contributed by atoms with Crippen molar-refractivity contribution in [3.05, 3.63) is 27.1 Å². The van der Waals surface area contributed by atoms with Crippen LogP contribution < -0.4 is 5.32 Å². The molecule has 0 saturated heterocycles. The molecule has 5 heteroatoms. The molecule has 16 heavy (non-hydrogen) atoms. The summed E-state index contributed by atoms with van der Waals surface area (Å²) >= 11 is 1.26. The van der Waals surface area contributed by atoms with Crippen molar-refractivity contribution in [2.75, 3.05) is 6.54 Å². The van der Waals surface area contributed by atoms with Crippen LogP contribution in [-0.4, -0.2) is 11.5 Å². The molecular weight excluding hydrogens is 224 g/mol. The Balaban J connectivity index is 1.78. The highest BCUT2D eigenvalue weighted by atomic mass is 32.1. The van der Waals surface area contributed by atoms with Gasteiger partial charge in [0, 0.05) is 24.0 Å². The molecule has 88 valence electrons. The molecule has 0 aromatic carbocycles. The van der Waals surface area contributed by atoms with Gasteiger partial charge in [0.25, 0.3) is 0 Å². The molecule has 1 fully saturated rings. The fourth-order valence-electron chi connectivity index (χ4n) is 2.00. The molecule has 0 spiro atoms. The number of nitrogens with one attached hydrogen (secondary N) is 1. The summed E-state index contributed by atoms with van der Waals surface area (Å²) in [5.74, 6) is 0. The maximum atomic E-state index is 10.5. The lowest BCUT2D eigenvalue weighted by Crippen LogP contribution is -2.36. The van der Waals surface area contributed by atoms with Crippen molar-refractivity contribution >= 4 is 16.3 Å². The van der Waals surface area contributed by atoms with Crippen molar-refractivity contribution in [2.24, 2.45) is 5.41 Å². The number of nitro groups is 1. The molecule has 1 saturated carbocycles. The third kappa shape index (κ3) is 2.59. The van der Waals surface area contributed by atoms with Gasteiger partial charge in [0.1, 0.15) is 0 Å². The van der Waals surface area contributed by atoms with Crippen molar-refractivity contribution in [3.63, 3.8) is 0 Å². The van der Waals surface area contributed by atoms with Crippen LogP contribution in [0.1, 0.15) is 31.1 Å².